The Morgan fingerprint density at radius 2 is 2.25 bits per heavy atom. The molecule has 0 unspecified atom stereocenters. The molecule has 7 heteroatoms. The molecule has 0 aliphatic carbocycles. The summed E-state index contributed by atoms with van der Waals surface area (Å²) < 4.78 is 23.1. The van der Waals surface area contributed by atoms with E-state index < -0.39 is 29.8 Å². The zero-order chi connectivity index (χ0) is 14.7. The van der Waals surface area contributed by atoms with Crippen LogP contribution in [0, 0.1) is 5.82 Å². The topological polar surface area (TPSA) is 84.9 Å². The molecule has 20 heavy (non-hydrogen) atoms. The fraction of sp³-hybridized carbons (Fsp3) is 0.385. The van der Waals surface area contributed by atoms with Crippen LogP contribution in [0.4, 0.5) is 4.39 Å². The molecule has 1 aliphatic heterocycles. The molecule has 1 heterocycles. The van der Waals surface area contributed by atoms with Crippen LogP contribution in [0.3, 0.4) is 0 Å². The maximum Gasteiger partial charge on any atom is 0.334 e. The van der Waals surface area contributed by atoms with Gasteiger partial charge in [0.05, 0.1) is 13.2 Å². The minimum absolute atomic E-state index is 0.0462. The first-order valence-electron chi connectivity index (χ1n) is 6.01. The van der Waals surface area contributed by atoms with E-state index in [2.05, 4.69) is 5.32 Å². The number of halogens is 1. The van der Waals surface area contributed by atoms with Gasteiger partial charge in [-0.3, -0.25) is 4.79 Å². The van der Waals surface area contributed by atoms with Crippen molar-refractivity contribution < 1.29 is 28.6 Å². The summed E-state index contributed by atoms with van der Waals surface area (Å²) in [5.41, 5.74) is 0.194. The van der Waals surface area contributed by atoms with Crippen molar-refractivity contribution in [1.82, 2.24) is 5.32 Å². The Morgan fingerprint density at radius 1 is 1.50 bits per heavy atom. The first-order valence-corrected chi connectivity index (χ1v) is 6.01. The predicted molar refractivity (Wildman–Crippen MR) is 66.2 cm³/mol. The van der Waals surface area contributed by atoms with Gasteiger partial charge in [-0.2, -0.15) is 0 Å². The minimum Gasteiger partial charge on any atom is -0.494 e. The molecule has 1 saturated heterocycles. The molecule has 0 saturated carbocycles. The maximum absolute atomic E-state index is 13.3. The number of nitrogens with one attached hydrogen (secondary N) is 1. The Labute approximate surface area is 114 Å². The number of benzene rings is 1. The summed E-state index contributed by atoms with van der Waals surface area (Å²) >= 11 is 0. The van der Waals surface area contributed by atoms with Crippen LogP contribution < -0.4 is 10.1 Å². The molecule has 0 spiro atoms. The summed E-state index contributed by atoms with van der Waals surface area (Å²) in [6.45, 7) is 0.272. The van der Waals surface area contributed by atoms with Gasteiger partial charge >= 0.3 is 5.97 Å². The summed E-state index contributed by atoms with van der Waals surface area (Å²) in [6, 6.07) is 3.08. The monoisotopic (exact) mass is 283 g/mol. The lowest BCUT2D eigenvalue weighted by Crippen LogP contribution is -2.44. The minimum atomic E-state index is -1.12. The molecule has 0 bridgehead atoms. The molecule has 1 fully saturated rings. The number of amides is 1. The largest absolute Gasteiger partial charge is 0.494 e. The number of carbonyl (C=O) groups excluding carboxylic acids is 1. The summed E-state index contributed by atoms with van der Waals surface area (Å²) in [4.78, 5) is 22.9. The first-order chi connectivity index (χ1) is 9.52. The quantitative estimate of drug-likeness (QED) is 0.854. The van der Waals surface area contributed by atoms with Gasteiger partial charge in [0.1, 0.15) is 0 Å². The smallest absolute Gasteiger partial charge is 0.334 e. The van der Waals surface area contributed by atoms with Crippen molar-refractivity contribution in [2.75, 3.05) is 13.7 Å². The molecular weight excluding hydrogens is 269 g/mol. The van der Waals surface area contributed by atoms with E-state index in [4.69, 9.17) is 14.6 Å². The number of ether oxygens (including phenoxy) is 2. The van der Waals surface area contributed by atoms with Crippen LogP contribution in [-0.2, 0) is 9.53 Å². The highest BCUT2D eigenvalue weighted by atomic mass is 19.1. The summed E-state index contributed by atoms with van der Waals surface area (Å²) in [6.07, 6.45) is -0.637. The number of hydrogen-bond donors (Lipinski definition) is 2. The molecule has 6 nitrogen and oxygen atoms in total. The number of methoxy groups -OCH3 is 1. The second-order valence-electron chi connectivity index (χ2n) is 4.35. The first kappa shape index (κ1) is 14.3. The van der Waals surface area contributed by atoms with Crippen LogP contribution >= 0.6 is 0 Å². The van der Waals surface area contributed by atoms with E-state index in [0.29, 0.717) is 6.42 Å². The number of aliphatic carboxylic acids is 1. The lowest BCUT2D eigenvalue weighted by Gasteiger charge is -2.16. The van der Waals surface area contributed by atoms with E-state index in [1.807, 2.05) is 0 Å². The zero-order valence-electron chi connectivity index (χ0n) is 10.8. The van der Waals surface area contributed by atoms with Crippen LogP contribution in [0.5, 0.6) is 5.75 Å². The fourth-order valence-corrected chi connectivity index (χ4v) is 2.03. The molecule has 108 valence electrons. The third kappa shape index (κ3) is 2.88. The third-order valence-electron chi connectivity index (χ3n) is 3.06. The highest BCUT2D eigenvalue weighted by Gasteiger charge is 2.35. The SMILES string of the molecule is COc1cc(C(=O)N[C@@H]2CCO[C@@H]2C(=O)O)ccc1F. The Balaban J connectivity index is 2.10. The van der Waals surface area contributed by atoms with Crippen LogP contribution in [-0.4, -0.2) is 42.8 Å². The highest BCUT2D eigenvalue weighted by Crippen LogP contribution is 2.19. The Morgan fingerprint density at radius 3 is 2.90 bits per heavy atom. The van der Waals surface area contributed by atoms with Gasteiger partial charge in [0.25, 0.3) is 5.91 Å². The van der Waals surface area contributed by atoms with Crippen molar-refractivity contribution >= 4 is 11.9 Å². The van der Waals surface area contributed by atoms with Crippen molar-refractivity contribution in [1.29, 1.82) is 0 Å². The van der Waals surface area contributed by atoms with Crippen molar-refractivity contribution in [2.24, 2.45) is 0 Å². The van der Waals surface area contributed by atoms with E-state index in [1.54, 1.807) is 0 Å². The molecule has 2 rings (SSSR count). The molecule has 1 aromatic rings. The van der Waals surface area contributed by atoms with E-state index in [1.165, 1.54) is 19.2 Å². The van der Waals surface area contributed by atoms with Crippen LogP contribution in [0.1, 0.15) is 16.8 Å². The molecule has 0 aromatic heterocycles. The Kier molecular flexibility index (Phi) is 4.19. The van der Waals surface area contributed by atoms with Gasteiger partial charge in [-0.25, -0.2) is 9.18 Å². The van der Waals surface area contributed by atoms with E-state index >= 15 is 0 Å². The second-order valence-corrected chi connectivity index (χ2v) is 4.35. The van der Waals surface area contributed by atoms with E-state index in [0.717, 1.165) is 6.07 Å². The van der Waals surface area contributed by atoms with Gasteiger partial charge in [0.2, 0.25) is 0 Å². The highest BCUT2D eigenvalue weighted by molar-refractivity contribution is 5.95. The van der Waals surface area contributed by atoms with Crippen molar-refractivity contribution in [3.05, 3.63) is 29.6 Å². The van der Waals surface area contributed by atoms with Crippen LogP contribution in [0.15, 0.2) is 18.2 Å². The van der Waals surface area contributed by atoms with Crippen molar-refractivity contribution in [3.8, 4) is 5.75 Å². The van der Waals surface area contributed by atoms with Crippen molar-refractivity contribution in [2.45, 2.75) is 18.6 Å². The lowest BCUT2D eigenvalue weighted by molar-refractivity contribution is -0.148. The van der Waals surface area contributed by atoms with Gasteiger partial charge in [0.15, 0.2) is 17.7 Å². The number of hydrogen-bond acceptors (Lipinski definition) is 4. The van der Waals surface area contributed by atoms with Gasteiger partial charge in [-0.1, -0.05) is 0 Å². The van der Waals surface area contributed by atoms with E-state index in [9.17, 15) is 14.0 Å². The fourth-order valence-electron chi connectivity index (χ4n) is 2.03. The lowest BCUT2D eigenvalue weighted by atomic mass is 10.1. The standard InChI is InChI=1S/C13H14FNO5/c1-19-10-6-7(2-3-8(10)14)12(16)15-9-4-5-20-11(9)13(17)18/h2-3,6,9,11H,4-5H2,1H3,(H,15,16)(H,17,18)/t9-,11+/m1/s1. The molecule has 1 aromatic carbocycles. The molecule has 1 aliphatic rings. The van der Waals surface area contributed by atoms with Gasteiger partial charge in [0, 0.05) is 12.2 Å². The second kappa shape index (κ2) is 5.87. The third-order valence-corrected chi connectivity index (χ3v) is 3.06. The Hall–Kier alpha value is -2.15. The zero-order valence-corrected chi connectivity index (χ0v) is 10.8. The van der Waals surface area contributed by atoms with Crippen molar-refractivity contribution in [3.63, 3.8) is 0 Å². The Bertz CT molecular complexity index is 533. The molecule has 2 N–H and O–H groups in total. The summed E-state index contributed by atoms with van der Waals surface area (Å²) in [5, 5.41) is 11.5. The van der Waals surface area contributed by atoms with Crippen LogP contribution in [0.25, 0.3) is 0 Å². The normalized spacial score (nSPS) is 21.5. The van der Waals surface area contributed by atoms with Gasteiger partial charge < -0.3 is 19.9 Å². The number of carbonyl (C=O) groups is 2. The maximum atomic E-state index is 13.3. The summed E-state index contributed by atoms with van der Waals surface area (Å²) in [7, 11) is 1.30. The number of carboxylic acids is 1. The molecule has 1 amide bonds. The number of carboxylic acid groups (broad SMARTS) is 1. The van der Waals surface area contributed by atoms with E-state index in [-0.39, 0.29) is 17.9 Å². The summed E-state index contributed by atoms with van der Waals surface area (Å²) in [5.74, 6) is -2.23. The van der Waals surface area contributed by atoms with Gasteiger partial charge in [-0.15, -0.1) is 0 Å². The van der Waals surface area contributed by atoms with Gasteiger partial charge in [-0.05, 0) is 24.6 Å². The molecule has 0 radical (unpaired) electrons. The molecule has 2 atom stereocenters. The average molecular weight is 283 g/mol. The van der Waals surface area contributed by atoms with Crippen LogP contribution in [0.2, 0.25) is 0 Å². The molecular formula is C13H14FNO5. The predicted octanol–water partition coefficient (Wildman–Crippen LogP) is 0.806. The average Bonchev–Trinajstić information content (AvgIpc) is 2.87. The number of rotatable bonds is 4.